The largest absolute Gasteiger partial charge is 0.385 e. The molecule has 2 aliphatic rings. The first-order chi connectivity index (χ1) is 8.35. The zero-order valence-electron chi connectivity index (χ0n) is 11.0. The zero-order valence-corrected chi connectivity index (χ0v) is 11.0. The van der Waals surface area contributed by atoms with Crippen LogP contribution >= 0.6 is 0 Å². The van der Waals surface area contributed by atoms with Crippen LogP contribution in [0.15, 0.2) is 0 Å². The van der Waals surface area contributed by atoms with E-state index in [9.17, 15) is 0 Å². The Kier molecular flexibility index (Phi) is 5.22. The third kappa shape index (κ3) is 4.54. The highest BCUT2D eigenvalue weighted by Gasteiger charge is 2.41. The lowest BCUT2D eigenvalue weighted by atomic mass is 10.0. The van der Waals surface area contributed by atoms with Gasteiger partial charge in [0.15, 0.2) is 0 Å². The summed E-state index contributed by atoms with van der Waals surface area (Å²) < 4.78 is 10.8. The maximum Gasteiger partial charge on any atom is 0.0712 e. The Hall–Kier alpha value is -0.160. The summed E-state index contributed by atoms with van der Waals surface area (Å²) in [5.74, 6) is 0. The van der Waals surface area contributed by atoms with Crippen molar-refractivity contribution in [3.8, 4) is 0 Å². The summed E-state index contributed by atoms with van der Waals surface area (Å²) in [6.07, 6.45) is 5.46. The number of methoxy groups -OCH3 is 1. The van der Waals surface area contributed by atoms with Crippen LogP contribution in [-0.4, -0.2) is 52.6 Å². The van der Waals surface area contributed by atoms with E-state index in [0.717, 1.165) is 45.8 Å². The molecule has 0 aromatic heterocycles. The van der Waals surface area contributed by atoms with Crippen LogP contribution in [0.25, 0.3) is 0 Å². The normalized spacial score (nSPS) is 27.0. The second-order valence-electron chi connectivity index (χ2n) is 5.41. The second-order valence-corrected chi connectivity index (χ2v) is 5.41. The number of hydrogen-bond donors (Lipinski definition) is 2. The highest BCUT2D eigenvalue weighted by Crippen LogP contribution is 2.48. The predicted octanol–water partition coefficient (Wildman–Crippen LogP) is 0.771. The Morgan fingerprint density at radius 3 is 3.00 bits per heavy atom. The lowest BCUT2D eigenvalue weighted by molar-refractivity contribution is 0.0236. The van der Waals surface area contributed by atoms with Crippen LogP contribution < -0.4 is 10.6 Å². The molecule has 0 radical (unpaired) electrons. The molecule has 17 heavy (non-hydrogen) atoms. The Morgan fingerprint density at radius 2 is 2.35 bits per heavy atom. The van der Waals surface area contributed by atoms with Gasteiger partial charge in [-0.3, -0.25) is 0 Å². The van der Waals surface area contributed by atoms with Crippen LogP contribution in [0.3, 0.4) is 0 Å². The summed E-state index contributed by atoms with van der Waals surface area (Å²) in [6, 6.07) is 0. The highest BCUT2D eigenvalue weighted by molar-refractivity contribution is 4.94. The van der Waals surface area contributed by atoms with Crippen molar-refractivity contribution in [2.24, 2.45) is 5.41 Å². The van der Waals surface area contributed by atoms with Crippen molar-refractivity contribution in [2.75, 3.05) is 46.5 Å². The molecule has 2 fully saturated rings. The summed E-state index contributed by atoms with van der Waals surface area (Å²) in [5.41, 5.74) is 0.557. The topological polar surface area (TPSA) is 42.5 Å². The van der Waals surface area contributed by atoms with Crippen LogP contribution in [0, 0.1) is 5.41 Å². The van der Waals surface area contributed by atoms with Gasteiger partial charge in [0.2, 0.25) is 0 Å². The quantitative estimate of drug-likeness (QED) is 0.617. The van der Waals surface area contributed by atoms with Crippen LogP contribution in [0.5, 0.6) is 0 Å². The molecule has 1 saturated carbocycles. The second kappa shape index (κ2) is 6.69. The molecule has 1 unspecified atom stereocenters. The Morgan fingerprint density at radius 1 is 1.47 bits per heavy atom. The number of nitrogens with one attached hydrogen (secondary N) is 2. The minimum atomic E-state index is 0.408. The van der Waals surface area contributed by atoms with Gasteiger partial charge in [-0.05, 0) is 37.6 Å². The van der Waals surface area contributed by atoms with Gasteiger partial charge < -0.3 is 20.1 Å². The van der Waals surface area contributed by atoms with E-state index < -0.39 is 0 Å². The molecular weight excluding hydrogens is 216 g/mol. The van der Waals surface area contributed by atoms with E-state index in [1.54, 1.807) is 7.11 Å². The summed E-state index contributed by atoms with van der Waals surface area (Å²) in [6.45, 7) is 6.00. The standard InChI is InChI=1S/C13H26N2O2/c1-16-8-5-13(3-4-13)11-15-6-2-12-10-14-7-9-17-12/h12,14-15H,2-11H2,1H3. The average molecular weight is 242 g/mol. The molecule has 1 atom stereocenters. The number of hydrogen-bond acceptors (Lipinski definition) is 4. The van der Waals surface area contributed by atoms with E-state index in [1.165, 1.54) is 19.3 Å². The van der Waals surface area contributed by atoms with Crippen LogP contribution in [-0.2, 0) is 9.47 Å². The lowest BCUT2D eigenvalue weighted by Gasteiger charge is -2.24. The SMILES string of the molecule is COCCC1(CNCCC2CNCCO2)CC1. The molecule has 1 heterocycles. The molecule has 1 saturated heterocycles. The van der Waals surface area contributed by atoms with Crippen molar-refractivity contribution in [2.45, 2.75) is 31.8 Å². The predicted molar refractivity (Wildman–Crippen MR) is 68.3 cm³/mol. The highest BCUT2D eigenvalue weighted by atomic mass is 16.5. The fourth-order valence-electron chi connectivity index (χ4n) is 2.43. The van der Waals surface area contributed by atoms with Gasteiger partial charge in [-0.15, -0.1) is 0 Å². The Balaban J connectivity index is 1.50. The molecule has 4 nitrogen and oxygen atoms in total. The van der Waals surface area contributed by atoms with E-state index in [1.807, 2.05) is 0 Å². The van der Waals surface area contributed by atoms with Crippen molar-refractivity contribution in [3.63, 3.8) is 0 Å². The summed E-state index contributed by atoms with van der Waals surface area (Å²) >= 11 is 0. The minimum Gasteiger partial charge on any atom is -0.385 e. The first-order valence-electron chi connectivity index (χ1n) is 6.87. The average Bonchev–Trinajstić information content (AvgIpc) is 3.14. The molecule has 0 bridgehead atoms. The lowest BCUT2D eigenvalue weighted by Crippen LogP contribution is -2.40. The Labute approximate surface area is 104 Å². The zero-order chi connectivity index (χ0) is 12.0. The minimum absolute atomic E-state index is 0.408. The van der Waals surface area contributed by atoms with Gasteiger partial charge >= 0.3 is 0 Å². The smallest absolute Gasteiger partial charge is 0.0712 e. The van der Waals surface area contributed by atoms with Gasteiger partial charge in [-0.25, -0.2) is 0 Å². The van der Waals surface area contributed by atoms with Crippen molar-refractivity contribution in [1.29, 1.82) is 0 Å². The molecule has 1 aliphatic heterocycles. The monoisotopic (exact) mass is 242 g/mol. The molecule has 2 N–H and O–H groups in total. The van der Waals surface area contributed by atoms with Crippen molar-refractivity contribution in [1.82, 2.24) is 10.6 Å². The number of morpholine rings is 1. The third-order valence-electron chi connectivity index (χ3n) is 3.94. The molecule has 0 aromatic rings. The number of rotatable bonds is 8. The van der Waals surface area contributed by atoms with Crippen LogP contribution in [0.2, 0.25) is 0 Å². The van der Waals surface area contributed by atoms with E-state index in [2.05, 4.69) is 10.6 Å². The van der Waals surface area contributed by atoms with E-state index in [4.69, 9.17) is 9.47 Å². The summed E-state index contributed by atoms with van der Waals surface area (Å²) in [7, 11) is 1.79. The van der Waals surface area contributed by atoms with Gasteiger partial charge in [0.05, 0.1) is 12.7 Å². The van der Waals surface area contributed by atoms with Crippen LogP contribution in [0.4, 0.5) is 0 Å². The summed E-state index contributed by atoms with van der Waals surface area (Å²) in [4.78, 5) is 0. The third-order valence-corrected chi connectivity index (χ3v) is 3.94. The summed E-state index contributed by atoms with van der Waals surface area (Å²) in [5, 5.41) is 6.94. The van der Waals surface area contributed by atoms with Gasteiger partial charge in [-0.2, -0.15) is 0 Å². The molecular formula is C13H26N2O2. The fourth-order valence-corrected chi connectivity index (χ4v) is 2.43. The molecule has 1 aliphatic carbocycles. The van der Waals surface area contributed by atoms with E-state index in [0.29, 0.717) is 11.5 Å². The van der Waals surface area contributed by atoms with Crippen molar-refractivity contribution >= 4 is 0 Å². The van der Waals surface area contributed by atoms with Gasteiger partial charge in [-0.1, -0.05) is 0 Å². The molecule has 100 valence electrons. The van der Waals surface area contributed by atoms with E-state index in [-0.39, 0.29) is 0 Å². The van der Waals surface area contributed by atoms with Gasteiger partial charge in [0.25, 0.3) is 0 Å². The first-order valence-corrected chi connectivity index (χ1v) is 6.87. The van der Waals surface area contributed by atoms with Gasteiger partial charge in [0.1, 0.15) is 0 Å². The van der Waals surface area contributed by atoms with Crippen molar-refractivity contribution in [3.05, 3.63) is 0 Å². The molecule has 0 amide bonds. The van der Waals surface area contributed by atoms with Gasteiger partial charge in [0, 0.05) is 33.4 Å². The number of ether oxygens (including phenoxy) is 2. The first kappa shape index (κ1) is 13.3. The molecule has 0 aromatic carbocycles. The fraction of sp³-hybridized carbons (Fsp3) is 1.00. The van der Waals surface area contributed by atoms with Crippen molar-refractivity contribution < 1.29 is 9.47 Å². The maximum absolute atomic E-state index is 5.67. The molecule has 4 heteroatoms. The van der Waals surface area contributed by atoms with Crippen LogP contribution in [0.1, 0.15) is 25.7 Å². The Bertz CT molecular complexity index is 213. The molecule has 0 spiro atoms. The molecule has 2 rings (SSSR count). The van der Waals surface area contributed by atoms with E-state index >= 15 is 0 Å². The maximum atomic E-state index is 5.67.